The molecule has 8 aromatic rings. The van der Waals surface area contributed by atoms with Gasteiger partial charge in [0.1, 0.15) is 23.1 Å². The van der Waals surface area contributed by atoms with E-state index < -0.39 is 0 Å². The summed E-state index contributed by atoms with van der Waals surface area (Å²) >= 11 is 9.23. The van der Waals surface area contributed by atoms with Crippen molar-refractivity contribution in [2.75, 3.05) is 26.3 Å². The Morgan fingerprint density at radius 1 is 0.479 bits per heavy atom. The molecule has 1 unspecified atom stereocenters. The summed E-state index contributed by atoms with van der Waals surface area (Å²) in [5.74, 6) is 1.30. The lowest BCUT2D eigenvalue weighted by molar-refractivity contribution is 0.0636. The van der Waals surface area contributed by atoms with Gasteiger partial charge in [-0.15, -0.1) is 0 Å². The highest BCUT2D eigenvalue weighted by atomic mass is 80.9. The van der Waals surface area contributed by atoms with Gasteiger partial charge in [0.05, 0.1) is 73.5 Å². The highest BCUT2D eigenvalue weighted by molar-refractivity contribution is 9.93. The van der Waals surface area contributed by atoms with Gasteiger partial charge in [-0.1, -0.05) is 88.7 Å². The van der Waals surface area contributed by atoms with Crippen LogP contribution < -0.4 is 20.6 Å². The van der Waals surface area contributed by atoms with Gasteiger partial charge in [0.15, 0.2) is 0 Å². The zero-order valence-electron chi connectivity index (χ0n) is 39.9. The highest BCUT2D eigenvalue weighted by Gasteiger charge is 2.36. The highest BCUT2D eigenvalue weighted by Crippen LogP contribution is 2.33. The van der Waals surface area contributed by atoms with Crippen LogP contribution in [-0.4, -0.2) is 78.8 Å². The largest absolute Gasteiger partial charge is 0.492 e. The first-order valence-electron chi connectivity index (χ1n) is 23.8. The molecule has 2 aliphatic heterocycles. The number of alkyl halides is 1. The number of para-hydroxylation sites is 6. The van der Waals surface area contributed by atoms with Crippen LogP contribution in [0.1, 0.15) is 97.4 Å². The normalized spacial score (nSPS) is 13.1. The Bertz CT molecular complexity index is 3420. The lowest BCUT2D eigenvalue weighted by Gasteiger charge is -2.20. The summed E-state index contributed by atoms with van der Waals surface area (Å²) in [6.45, 7) is 5.33. The molecule has 0 aliphatic carbocycles. The molecule has 10 rings (SSSR count). The molecule has 2 aromatic heterocycles. The van der Waals surface area contributed by atoms with Gasteiger partial charge in [-0.2, -0.15) is 0 Å². The lowest BCUT2D eigenvalue weighted by atomic mass is 10.1. The van der Waals surface area contributed by atoms with Gasteiger partial charge in [-0.3, -0.25) is 47.7 Å². The first-order valence-corrected chi connectivity index (χ1v) is 28.4. The molecule has 14 nitrogen and oxygen atoms in total. The first-order chi connectivity index (χ1) is 35.6. The Kier molecular flexibility index (Phi) is 17.2. The Morgan fingerprint density at radius 2 is 0.877 bits per heavy atom. The predicted octanol–water partition coefficient (Wildman–Crippen LogP) is 11.4. The van der Waals surface area contributed by atoms with E-state index >= 15 is 0 Å². The molecule has 0 fully saturated rings. The maximum atomic E-state index is 13.7. The average Bonchev–Trinajstić information content (AvgIpc) is 3.81. The standard InChI is InChI=1S/C28H24BrN3O4.C28H25N3O4.Br2/c1-2-36-24-16-8-7-15-23(24)32-25(30-22-14-6-5-12-20(22)28(32)35)21(29)13-9-17-31-26(33)18-10-3-4-11-19(18)27(31)34;1-2-35-24-16-8-7-15-23(24)31-25(29-22-14-6-5-13-21(22)28(31)34)17-9-10-18-30-26(32)19-11-3-4-12-20(19)27(30)33;1-2/h3-8,10-12,14-16,21H,2,9,13,17H2,1H3;3-8,11-16H,2,9-10,17-18H2,1H3;. The Morgan fingerprint density at radius 3 is 1.37 bits per heavy atom. The topological polar surface area (TPSA) is 163 Å². The van der Waals surface area contributed by atoms with E-state index in [0.717, 1.165) is 0 Å². The fourth-order valence-corrected chi connectivity index (χ4v) is 9.65. The van der Waals surface area contributed by atoms with Crippen LogP contribution in [0, 0.1) is 0 Å². The van der Waals surface area contributed by atoms with Crippen molar-refractivity contribution in [1.29, 1.82) is 0 Å². The summed E-state index contributed by atoms with van der Waals surface area (Å²) < 4.78 is 14.8. The number of aryl methyl sites for hydroxylation is 1. The zero-order chi connectivity index (χ0) is 51.6. The van der Waals surface area contributed by atoms with Gasteiger partial charge in [-0.25, -0.2) is 9.97 Å². The molecule has 0 saturated carbocycles. The van der Waals surface area contributed by atoms with E-state index in [1.54, 1.807) is 69.8 Å². The summed E-state index contributed by atoms with van der Waals surface area (Å²) in [5.41, 5.74) is 3.95. The summed E-state index contributed by atoms with van der Waals surface area (Å²) in [7, 11) is 0. The smallest absolute Gasteiger partial charge is 0.266 e. The quantitative estimate of drug-likeness (QED) is 0.0517. The summed E-state index contributed by atoms with van der Waals surface area (Å²) in [5, 5.41) is 1.05. The summed E-state index contributed by atoms with van der Waals surface area (Å²) in [6, 6.07) is 43.1. The molecule has 0 spiro atoms. The van der Waals surface area contributed by atoms with Gasteiger partial charge < -0.3 is 9.47 Å². The van der Waals surface area contributed by atoms with E-state index in [9.17, 15) is 28.8 Å². The monoisotopic (exact) mass is 1170 g/mol. The second-order valence-electron chi connectivity index (χ2n) is 16.8. The number of halogens is 3. The summed E-state index contributed by atoms with van der Waals surface area (Å²) in [6.07, 6.45) is 2.84. The minimum Gasteiger partial charge on any atom is -0.492 e. The number of unbranched alkanes of at least 4 members (excludes halogenated alkanes) is 1. The molecule has 17 heteroatoms. The molecule has 4 heterocycles. The second kappa shape index (κ2) is 24.1. The van der Waals surface area contributed by atoms with Gasteiger partial charge in [0, 0.05) is 47.8 Å². The molecule has 0 radical (unpaired) electrons. The Hall–Kier alpha value is -7.08. The van der Waals surface area contributed by atoms with Crippen LogP contribution in [0.2, 0.25) is 0 Å². The molecule has 73 heavy (non-hydrogen) atoms. The fraction of sp³-hybridized carbons (Fsp3) is 0.214. The van der Waals surface area contributed by atoms with Crippen molar-refractivity contribution in [2.24, 2.45) is 0 Å². The van der Waals surface area contributed by atoms with E-state index in [1.807, 2.05) is 98.8 Å². The van der Waals surface area contributed by atoms with Crippen LogP contribution >= 0.6 is 44.2 Å². The third-order valence-electron chi connectivity index (χ3n) is 12.4. The van der Waals surface area contributed by atoms with Crippen molar-refractivity contribution in [3.05, 3.63) is 200 Å². The van der Waals surface area contributed by atoms with Gasteiger partial charge >= 0.3 is 0 Å². The number of rotatable bonds is 16. The average molecular weight is 1170 g/mol. The number of imide groups is 2. The molecular formula is C56H49Br3N6O8. The molecule has 6 aromatic carbocycles. The minimum atomic E-state index is -0.306. The molecular weight excluding hydrogens is 1120 g/mol. The van der Waals surface area contributed by atoms with Crippen molar-refractivity contribution in [3.63, 3.8) is 0 Å². The van der Waals surface area contributed by atoms with Gasteiger partial charge in [0.25, 0.3) is 34.7 Å². The third kappa shape index (κ3) is 10.8. The van der Waals surface area contributed by atoms with E-state index in [0.29, 0.717) is 130 Å². The number of carbonyl (C=O) groups is 4. The molecule has 4 amide bonds. The van der Waals surface area contributed by atoms with Crippen molar-refractivity contribution in [2.45, 2.75) is 50.8 Å². The Balaban J connectivity index is 0.000000189. The van der Waals surface area contributed by atoms with E-state index in [-0.39, 0.29) is 46.1 Å². The van der Waals surface area contributed by atoms with Crippen LogP contribution in [-0.2, 0) is 6.42 Å². The van der Waals surface area contributed by atoms with Crippen molar-refractivity contribution in [1.82, 2.24) is 28.9 Å². The third-order valence-corrected chi connectivity index (χ3v) is 13.2. The number of aromatic nitrogens is 4. The Labute approximate surface area is 444 Å². The molecule has 0 N–H and O–H groups in total. The maximum Gasteiger partial charge on any atom is 0.266 e. The SMILES string of the molecule is BrBr.CCOc1ccccc1-n1c(C(Br)CCCN2C(=O)c3ccccc3C2=O)nc2ccccc2c1=O.CCOc1ccccc1-n1c(CCCCN2C(=O)c3ccccc3C2=O)nc2ccccc2c1=O. The van der Waals surface area contributed by atoms with Gasteiger partial charge in [-0.05, 0) is 112 Å². The van der Waals surface area contributed by atoms with Crippen LogP contribution in [0.25, 0.3) is 33.2 Å². The van der Waals surface area contributed by atoms with Crippen LogP contribution in [0.15, 0.2) is 155 Å². The van der Waals surface area contributed by atoms with Crippen LogP contribution in [0.3, 0.4) is 0 Å². The number of benzene rings is 6. The van der Waals surface area contributed by atoms with Gasteiger partial charge in [0.2, 0.25) is 0 Å². The number of fused-ring (bicyclic) bond motifs is 4. The minimum absolute atomic E-state index is 0.155. The molecule has 2 aliphatic rings. The molecule has 1 atom stereocenters. The van der Waals surface area contributed by atoms with Crippen LogP contribution in [0.5, 0.6) is 11.5 Å². The second-order valence-corrected chi connectivity index (χ2v) is 17.9. The molecule has 372 valence electrons. The molecule has 0 bridgehead atoms. The lowest BCUT2D eigenvalue weighted by Crippen LogP contribution is -2.31. The molecule has 0 saturated heterocycles. The number of nitrogens with zero attached hydrogens (tertiary/aromatic N) is 6. The van der Waals surface area contributed by atoms with E-state index in [4.69, 9.17) is 19.4 Å². The van der Waals surface area contributed by atoms with E-state index in [1.165, 1.54) is 9.80 Å². The van der Waals surface area contributed by atoms with Crippen molar-refractivity contribution < 1.29 is 28.7 Å². The number of carbonyl (C=O) groups excluding carboxylic acids is 4. The predicted molar refractivity (Wildman–Crippen MR) is 292 cm³/mol. The number of hydrogen-bond donors (Lipinski definition) is 0. The first kappa shape index (κ1) is 52.2. The van der Waals surface area contributed by atoms with Crippen LogP contribution in [0.4, 0.5) is 0 Å². The van der Waals surface area contributed by atoms with Crippen molar-refractivity contribution >= 4 is 89.6 Å². The number of ether oxygens (including phenoxy) is 2. The number of amides is 4. The zero-order valence-corrected chi connectivity index (χ0v) is 44.6. The maximum absolute atomic E-state index is 13.7. The fourth-order valence-electron chi connectivity index (χ4n) is 9.02. The van der Waals surface area contributed by atoms with E-state index in [2.05, 4.69) is 44.2 Å². The number of hydrogen-bond acceptors (Lipinski definition) is 10. The summed E-state index contributed by atoms with van der Waals surface area (Å²) in [4.78, 5) is 89.8. The van der Waals surface area contributed by atoms with Crippen molar-refractivity contribution in [3.8, 4) is 22.9 Å².